The van der Waals surface area contributed by atoms with Crippen LogP contribution in [0.3, 0.4) is 0 Å². The van der Waals surface area contributed by atoms with Crippen LogP contribution in [0.4, 0.5) is 0 Å². The predicted octanol–water partition coefficient (Wildman–Crippen LogP) is 3.22. The number of unbranched alkanes of at least 4 members (excludes halogenated alkanes) is 1. The molecule has 0 aliphatic heterocycles. The van der Waals surface area contributed by atoms with E-state index in [1.807, 2.05) is 0 Å². The molecule has 4 nitrogen and oxygen atoms in total. The summed E-state index contributed by atoms with van der Waals surface area (Å²) in [4.78, 5) is 23.0. The van der Waals surface area contributed by atoms with E-state index in [4.69, 9.17) is 0 Å². The molecule has 1 aromatic carbocycles. The van der Waals surface area contributed by atoms with Crippen LogP contribution in [0.25, 0.3) is 0 Å². The van der Waals surface area contributed by atoms with E-state index in [1.54, 1.807) is 0 Å². The van der Waals surface area contributed by atoms with Crippen LogP contribution < -0.4 is 10.6 Å². The third-order valence-electron chi connectivity index (χ3n) is 4.86. The van der Waals surface area contributed by atoms with Gasteiger partial charge in [0, 0.05) is 26.4 Å². The van der Waals surface area contributed by atoms with Gasteiger partial charge in [0.15, 0.2) is 0 Å². The molecule has 1 atom stereocenters. The van der Waals surface area contributed by atoms with Crippen LogP contribution in [0.15, 0.2) is 18.2 Å². The molecule has 0 bridgehead atoms. The highest BCUT2D eigenvalue weighted by Gasteiger charge is 2.33. The highest BCUT2D eigenvalue weighted by molar-refractivity contribution is 5.77. The van der Waals surface area contributed by atoms with Crippen molar-refractivity contribution in [1.82, 2.24) is 10.6 Å². The topological polar surface area (TPSA) is 58.2 Å². The van der Waals surface area contributed by atoms with E-state index in [1.165, 1.54) is 36.5 Å². The zero-order valence-corrected chi connectivity index (χ0v) is 15.2. The first-order valence-electron chi connectivity index (χ1n) is 9.05. The van der Waals surface area contributed by atoms with E-state index in [2.05, 4.69) is 42.7 Å². The number of amides is 2. The molecular weight excluding hydrogens is 300 g/mol. The van der Waals surface area contributed by atoms with E-state index >= 15 is 0 Å². The summed E-state index contributed by atoms with van der Waals surface area (Å²) in [5.74, 6) is 1.16. The van der Waals surface area contributed by atoms with E-state index in [-0.39, 0.29) is 11.8 Å². The van der Waals surface area contributed by atoms with Crippen LogP contribution in [0.5, 0.6) is 0 Å². The summed E-state index contributed by atoms with van der Waals surface area (Å²) in [6.07, 6.45) is 4.84. The average Bonchev–Trinajstić information content (AvgIpc) is 3.35. The lowest BCUT2D eigenvalue weighted by Crippen LogP contribution is -2.27. The molecule has 0 aromatic heterocycles. The minimum atomic E-state index is -0.000276. The quantitative estimate of drug-likeness (QED) is 0.683. The minimum Gasteiger partial charge on any atom is -0.356 e. The molecule has 0 spiro atoms. The Morgan fingerprint density at radius 2 is 1.75 bits per heavy atom. The average molecular weight is 330 g/mol. The summed E-state index contributed by atoms with van der Waals surface area (Å²) >= 11 is 0. The summed E-state index contributed by atoms with van der Waals surface area (Å²) in [6.45, 7) is 7.14. The van der Waals surface area contributed by atoms with Gasteiger partial charge in [-0.1, -0.05) is 18.2 Å². The van der Waals surface area contributed by atoms with Crippen molar-refractivity contribution in [3.63, 3.8) is 0 Å². The molecule has 2 amide bonds. The largest absolute Gasteiger partial charge is 0.356 e. The van der Waals surface area contributed by atoms with E-state index in [9.17, 15) is 9.59 Å². The van der Waals surface area contributed by atoms with E-state index in [0.29, 0.717) is 31.3 Å². The number of hydrogen-bond acceptors (Lipinski definition) is 2. The van der Waals surface area contributed by atoms with Gasteiger partial charge in [0.25, 0.3) is 0 Å². The van der Waals surface area contributed by atoms with Gasteiger partial charge in [0.05, 0.1) is 0 Å². The molecule has 2 N–H and O–H groups in total. The third kappa shape index (κ3) is 5.99. The van der Waals surface area contributed by atoms with Crippen molar-refractivity contribution in [1.29, 1.82) is 0 Å². The van der Waals surface area contributed by atoms with E-state index in [0.717, 1.165) is 12.8 Å². The Morgan fingerprint density at radius 1 is 1.08 bits per heavy atom. The lowest BCUT2D eigenvalue weighted by Gasteiger charge is -2.18. The Hall–Kier alpha value is -1.84. The molecule has 2 rings (SSSR count). The molecule has 0 radical (unpaired) electrons. The SMILES string of the molecule is CC(=O)NCCCCNC(=O)CC(c1ccc(C)c(C)c1)C1CC1. The Kier molecular flexibility index (Phi) is 6.83. The number of benzene rings is 1. The molecule has 1 saturated carbocycles. The molecule has 1 aliphatic carbocycles. The fourth-order valence-corrected chi connectivity index (χ4v) is 3.06. The van der Waals surface area contributed by atoms with Gasteiger partial charge in [0.1, 0.15) is 0 Å². The van der Waals surface area contributed by atoms with Crippen LogP contribution in [0.2, 0.25) is 0 Å². The zero-order chi connectivity index (χ0) is 17.5. The van der Waals surface area contributed by atoms with Crippen molar-refractivity contribution in [2.75, 3.05) is 13.1 Å². The summed E-state index contributed by atoms with van der Waals surface area (Å²) < 4.78 is 0. The Balaban J connectivity index is 1.77. The van der Waals surface area contributed by atoms with Gasteiger partial charge in [-0.3, -0.25) is 9.59 Å². The molecule has 1 fully saturated rings. The lowest BCUT2D eigenvalue weighted by molar-refractivity contribution is -0.122. The van der Waals surface area contributed by atoms with E-state index < -0.39 is 0 Å². The molecule has 4 heteroatoms. The maximum atomic E-state index is 12.3. The molecule has 0 saturated heterocycles. The first-order valence-corrected chi connectivity index (χ1v) is 9.05. The molecule has 1 aliphatic rings. The second-order valence-electron chi connectivity index (χ2n) is 7.03. The van der Waals surface area contributed by atoms with Gasteiger partial charge < -0.3 is 10.6 Å². The van der Waals surface area contributed by atoms with Crippen LogP contribution in [-0.4, -0.2) is 24.9 Å². The van der Waals surface area contributed by atoms with Gasteiger partial charge in [-0.2, -0.15) is 0 Å². The number of carbonyl (C=O) groups is 2. The number of nitrogens with one attached hydrogen (secondary N) is 2. The lowest BCUT2D eigenvalue weighted by atomic mass is 9.89. The van der Waals surface area contributed by atoms with Gasteiger partial charge in [-0.05, 0) is 68.1 Å². The Labute approximate surface area is 145 Å². The standard InChI is InChI=1S/C20H30N2O2/c1-14-6-7-18(12-15(14)2)19(17-8-9-17)13-20(24)22-11-5-4-10-21-16(3)23/h6-7,12,17,19H,4-5,8-11,13H2,1-3H3,(H,21,23)(H,22,24). The predicted molar refractivity (Wildman–Crippen MR) is 96.9 cm³/mol. The molecule has 24 heavy (non-hydrogen) atoms. The fraction of sp³-hybridized carbons (Fsp3) is 0.600. The maximum absolute atomic E-state index is 12.3. The summed E-state index contributed by atoms with van der Waals surface area (Å²) in [7, 11) is 0. The van der Waals surface area contributed by atoms with Crippen molar-refractivity contribution in [2.45, 2.75) is 58.8 Å². The Bertz CT molecular complexity index is 579. The van der Waals surface area contributed by atoms with Crippen LogP contribution >= 0.6 is 0 Å². The first-order chi connectivity index (χ1) is 11.5. The third-order valence-corrected chi connectivity index (χ3v) is 4.86. The second kappa shape index (κ2) is 8.86. The summed E-state index contributed by atoms with van der Waals surface area (Å²) in [5, 5.41) is 5.80. The highest BCUT2D eigenvalue weighted by atomic mass is 16.2. The number of rotatable bonds is 9. The van der Waals surface area contributed by atoms with Crippen molar-refractivity contribution in [3.8, 4) is 0 Å². The molecule has 132 valence electrons. The number of hydrogen-bond donors (Lipinski definition) is 2. The van der Waals surface area contributed by atoms with Crippen molar-refractivity contribution in [2.24, 2.45) is 5.92 Å². The van der Waals surface area contributed by atoms with Gasteiger partial charge >= 0.3 is 0 Å². The number of carbonyl (C=O) groups excluding carboxylic acids is 2. The Morgan fingerprint density at radius 3 is 2.33 bits per heavy atom. The van der Waals surface area contributed by atoms with Crippen molar-refractivity contribution >= 4 is 11.8 Å². The smallest absolute Gasteiger partial charge is 0.220 e. The first kappa shape index (κ1) is 18.5. The molecule has 1 aromatic rings. The maximum Gasteiger partial charge on any atom is 0.220 e. The normalized spacial score (nSPS) is 15.0. The zero-order valence-electron chi connectivity index (χ0n) is 15.2. The fourth-order valence-electron chi connectivity index (χ4n) is 3.06. The highest BCUT2D eigenvalue weighted by Crippen LogP contribution is 2.44. The molecule has 0 heterocycles. The van der Waals surface area contributed by atoms with Crippen LogP contribution in [-0.2, 0) is 9.59 Å². The van der Waals surface area contributed by atoms with Crippen molar-refractivity contribution < 1.29 is 9.59 Å². The van der Waals surface area contributed by atoms with Crippen molar-refractivity contribution in [3.05, 3.63) is 34.9 Å². The van der Waals surface area contributed by atoms with Crippen LogP contribution in [0, 0.1) is 19.8 Å². The summed E-state index contributed by atoms with van der Waals surface area (Å²) in [6, 6.07) is 6.60. The second-order valence-corrected chi connectivity index (χ2v) is 7.03. The minimum absolute atomic E-state index is 0.000276. The van der Waals surface area contributed by atoms with Gasteiger partial charge in [-0.15, -0.1) is 0 Å². The van der Waals surface area contributed by atoms with Gasteiger partial charge in [0.2, 0.25) is 11.8 Å². The molecular formula is C20H30N2O2. The summed E-state index contributed by atoms with van der Waals surface area (Å²) in [5.41, 5.74) is 3.91. The van der Waals surface area contributed by atoms with Crippen LogP contribution in [0.1, 0.15) is 61.6 Å². The monoisotopic (exact) mass is 330 g/mol. The van der Waals surface area contributed by atoms with Gasteiger partial charge in [-0.25, -0.2) is 0 Å². The number of aryl methyl sites for hydroxylation is 2. The molecule has 1 unspecified atom stereocenters.